The van der Waals surface area contributed by atoms with Gasteiger partial charge in [-0.3, -0.25) is 9.48 Å². The molecule has 0 spiro atoms. The van der Waals surface area contributed by atoms with Gasteiger partial charge in [0.15, 0.2) is 5.82 Å². The second-order valence-electron chi connectivity index (χ2n) is 5.47. The van der Waals surface area contributed by atoms with Crippen LogP contribution in [0.1, 0.15) is 11.1 Å². The van der Waals surface area contributed by atoms with Crippen molar-refractivity contribution in [3.8, 4) is 0 Å². The minimum absolute atomic E-state index is 0.123. The molecule has 128 valence electrons. The molecule has 2 aromatic carbocycles. The van der Waals surface area contributed by atoms with Gasteiger partial charge in [-0.25, -0.2) is 0 Å². The number of nitrogens with one attached hydrogen (secondary N) is 1. The monoisotopic (exact) mass is 437 g/mol. The highest BCUT2D eigenvalue weighted by molar-refractivity contribution is 9.10. The molecule has 1 amide bonds. The Balaban J connectivity index is 1.68. The van der Waals surface area contributed by atoms with Crippen LogP contribution >= 0.6 is 39.1 Å². The van der Waals surface area contributed by atoms with E-state index < -0.39 is 0 Å². The lowest BCUT2D eigenvalue weighted by atomic mass is 10.1. The molecule has 1 heterocycles. The molecule has 0 atom stereocenters. The molecule has 25 heavy (non-hydrogen) atoms. The molecule has 0 unspecified atom stereocenters. The number of rotatable bonds is 5. The molecule has 0 saturated carbocycles. The summed E-state index contributed by atoms with van der Waals surface area (Å²) < 4.78 is 2.41. The summed E-state index contributed by atoms with van der Waals surface area (Å²) in [6, 6.07) is 14.9. The summed E-state index contributed by atoms with van der Waals surface area (Å²) >= 11 is 15.5. The van der Waals surface area contributed by atoms with Crippen LogP contribution in [0.3, 0.4) is 0 Å². The Bertz CT molecular complexity index is 897. The highest BCUT2D eigenvalue weighted by Gasteiger charge is 2.12. The van der Waals surface area contributed by atoms with Gasteiger partial charge in [-0.1, -0.05) is 59.6 Å². The van der Waals surface area contributed by atoms with E-state index in [1.807, 2.05) is 36.4 Å². The second-order valence-corrected chi connectivity index (χ2v) is 7.17. The van der Waals surface area contributed by atoms with Gasteiger partial charge in [-0.2, -0.15) is 5.10 Å². The molecule has 7 heteroatoms. The zero-order valence-corrected chi connectivity index (χ0v) is 16.1. The van der Waals surface area contributed by atoms with Crippen LogP contribution in [0, 0.1) is 0 Å². The summed E-state index contributed by atoms with van der Waals surface area (Å²) in [4.78, 5) is 12.2. The normalized spacial score (nSPS) is 10.7. The number of nitrogens with zero attached hydrogens (tertiary/aromatic N) is 2. The first kappa shape index (κ1) is 18.0. The van der Waals surface area contributed by atoms with Crippen LogP contribution in [-0.4, -0.2) is 15.7 Å². The summed E-state index contributed by atoms with van der Waals surface area (Å²) in [7, 11) is 0. The number of anilines is 1. The lowest BCUT2D eigenvalue weighted by molar-refractivity contribution is -0.115. The van der Waals surface area contributed by atoms with E-state index in [2.05, 4.69) is 26.3 Å². The van der Waals surface area contributed by atoms with E-state index in [9.17, 15) is 4.79 Å². The van der Waals surface area contributed by atoms with Crippen molar-refractivity contribution < 1.29 is 4.79 Å². The maximum absolute atomic E-state index is 12.2. The SMILES string of the molecule is O=C(Cc1ccccc1)Nc1nn(Cc2ccc(Cl)cc2Cl)cc1Br. The third-order valence-corrected chi connectivity index (χ3v) is 4.70. The predicted octanol–water partition coefficient (Wildman–Crippen LogP) is 5.18. The van der Waals surface area contributed by atoms with Gasteiger partial charge < -0.3 is 5.32 Å². The van der Waals surface area contributed by atoms with Gasteiger partial charge in [0.2, 0.25) is 5.91 Å². The van der Waals surface area contributed by atoms with Crippen LogP contribution in [0.2, 0.25) is 10.0 Å². The minimum Gasteiger partial charge on any atom is -0.308 e. The first-order valence-electron chi connectivity index (χ1n) is 7.52. The Morgan fingerprint density at radius 3 is 2.64 bits per heavy atom. The van der Waals surface area contributed by atoms with E-state index in [0.717, 1.165) is 11.1 Å². The number of aromatic nitrogens is 2. The molecular weight excluding hydrogens is 425 g/mol. The summed E-state index contributed by atoms with van der Waals surface area (Å²) in [5.41, 5.74) is 1.84. The van der Waals surface area contributed by atoms with Crippen LogP contribution in [0.15, 0.2) is 59.2 Å². The molecule has 1 aromatic heterocycles. The Morgan fingerprint density at radius 2 is 1.92 bits per heavy atom. The molecule has 0 saturated heterocycles. The van der Waals surface area contributed by atoms with Crippen molar-refractivity contribution >= 4 is 50.9 Å². The van der Waals surface area contributed by atoms with Crippen LogP contribution in [0.5, 0.6) is 0 Å². The lowest BCUT2D eigenvalue weighted by Crippen LogP contribution is -2.15. The first-order chi connectivity index (χ1) is 12.0. The van der Waals surface area contributed by atoms with E-state index in [4.69, 9.17) is 23.2 Å². The quantitative estimate of drug-likeness (QED) is 0.596. The van der Waals surface area contributed by atoms with Crippen molar-refractivity contribution in [3.05, 3.63) is 80.4 Å². The van der Waals surface area contributed by atoms with Crippen LogP contribution < -0.4 is 5.32 Å². The average molecular weight is 439 g/mol. The highest BCUT2D eigenvalue weighted by atomic mass is 79.9. The number of hydrogen-bond acceptors (Lipinski definition) is 2. The van der Waals surface area contributed by atoms with E-state index in [0.29, 0.717) is 33.3 Å². The predicted molar refractivity (Wildman–Crippen MR) is 104 cm³/mol. The molecule has 0 fully saturated rings. The van der Waals surface area contributed by atoms with Crippen molar-refractivity contribution in [1.82, 2.24) is 9.78 Å². The van der Waals surface area contributed by atoms with E-state index in [1.54, 1.807) is 23.0 Å². The van der Waals surface area contributed by atoms with Gasteiger partial charge in [-0.05, 0) is 39.2 Å². The maximum atomic E-state index is 12.2. The van der Waals surface area contributed by atoms with Crippen LogP contribution in [-0.2, 0) is 17.8 Å². The number of carbonyl (C=O) groups excluding carboxylic acids is 1. The molecule has 0 aliphatic heterocycles. The molecule has 0 aliphatic carbocycles. The fourth-order valence-corrected chi connectivity index (χ4v) is 3.23. The summed E-state index contributed by atoms with van der Waals surface area (Å²) in [5, 5.41) is 8.38. The first-order valence-corrected chi connectivity index (χ1v) is 9.07. The second kappa shape index (κ2) is 8.04. The molecule has 0 bridgehead atoms. The Morgan fingerprint density at radius 1 is 1.16 bits per heavy atom. The summed E-state index contributed by atoms with van der Waals surface area (Å²) in [6.45, 7) is 0.475. The zero-order valence-electron chi connectivity index (χ0n) is 13.0. The van der Waals surface area contributed by atoms with Crippen molar-refractivity contribution in [1.29, 1.82) is 0 Å². The Hall–Kier alpha value is -1.82. The van der Waals surface area contributed by atoms with E-state index in [-0.39, 0.29) is 5.91 Å². The zero-order chi connectivity index (χ0) is 17.8. The van der Waals surface area contributed by atoms with Crippen LogP contribution in [0.25, 0.3) is 0 Å². The van der Waals surface area contributed by atoms with Gasteiger partial charge in [0.05, 0.1) is 17.4 Å². The van der Waals surface area contributed by atoms with Gasteiger partial charge in [0, 0.05) is 16.2 Å². The van der Waals surface area contributed by atoms with Crippen molar-refractivity contribution in [3.63, 3.8) is 0 Å². The average Bonchev–Trinajstić information content (AvgIpc) is 2.90. The largest absolute Gasteiger partial charge is 0.308 e. The molecule has 0 radical (unpaired) electrons. The molecule has 3 rings (SSSR count). The topological polar surface area (TPSA) is 46.9 Å². The minimum atomic E-state index is -0.123. The number of halogens is 3. The van der Waals surface area contributed by atoms with E-state index in [1.165, 1.54) is 0 Å². The Kier molecular flexibility index (Phi) is 5.78. The standard InChI is InChI=1S/C18H14BrCl2N3O/c19-15-11-24(10-13-6-7-14(20)9-16(13)21)23-18(15)22-17(25)8-12-4-2-1-3-5-12/h1-7,9,11H,8,10H2,(H,22,23,25). The van der Waals surface area contributed by atoms with Gasteiger partial charge in [-0.15, -0.1) is 0 Å². The van der Waals surface area contributed by atoms with Gasteiger partial charge >= 0.3 is 0 Å². The van der Waals surface area contributed by atoms with E-state index >= 15 is 0 Å². The van der Waals surface area contributed by atoms with Gasteiger partial charge in [0.1, 0.15) is 0 Å². The number of carbonyl (C=O) groups is 1. The molecule has 1 N–H and O–H groups in total. The third-order valence-electron chi connectivity index (χ3n) is 3.53. The molecule has 3 aromatic rings. The summed E-state index contributed by atoms with van der Waals surface area (Å²) in [5.74, 6) is 0.354. The fraction of sp³-hybridized carbons (Fsp3) is 0.111. The number of hydrogen-bond donors (Lipinski definition) is 1. The summed E-state index contributed by atoms with van der Waals surface area (Å²) in [6.07, 6.45) is 2.09. The Labute approximate surface area is 163 Å². The molecule has 4 nitrogen and oxygen atoms in total. The third kappa shape index (κ3) is 4.84. The van der Waals surface area contributed by atoms with Crippen molar-refractivity contribution in [2.75, 3.05) is 5.32 Å². The molecular formula is C18H14BrCl2N3O. The van der Waals surface area contributed by atoms with Crippen LogP contribution in [0.4, 0.5) is 5.82 Å². The van der Waals surface area contributed by atoms with Crippen molar-refractivity contribution in [2.24, 2.45) is 0 Å². The fourth-order valence-electron chi connectivity index (χ4n) is 2.34. The maximum Gasteiger partial charge on any atom is 0.230 e. The molecule has 0 aliphatic rings. The van der Waals surface area contributed by atoms with Gasteiger partial charge in [0.25, 0.3) is 0 Å². The van der Waals surface area contributed by atoms with Crippen molar-refractivity contribution in [2.45, 2.75) is 13.0 Å². The smallest absolute Gasteiger partial charge is 0.230 e. The number of benzene rings is 2. The highest BCUT2D eigenvalue weighted by Crippen LogP contribution is 2.24. The number of amides is 1. The lowest BCUT2D eigenvalue weighted by Gasteiger charge is -2.05.